The Balaban J connectivity index is 0.00000196. The van der Waals surface area contributed by atoms with Gasteiger partial charge in [-0.3, -0.25) is 0 Å². The van der Waals surface area contributed by atoms with Crippen LogP contribution in [0.2, 0.25) is 0 Å². The van der Waals surface area contributed by atoms with Gasteiger partial charge in [0, 0.05) is 0 Å². The van der Waals surface area contributed by atoms with Crippen LogP contribution in [0.5, 0.6) is 0 Å². The zero-order valence-electron chi connectivity index (χ0n) is 11.5. The minimum absolute atomic E-state index is 0. The average molecular weight is 230 g/mol. The van der Waals surface area contributed by atoms with Crippen LogP contribution in [0.4, 0.5) is 0 Å². The third-order valence-electron chi connectivity index (χ3n) is 4.12. The molecule has 0 radical (unpaired) electrons. The van der Waals surface area contributed by atoms with Crippen molar-refractivity contribution in [2.45, 2.75) is 67.2 Å². The van der Waals surface area contributed by atoms with Crippen molar-refractivity contribution in [3.63, 3.8) is 0 Å². The molecule has 0 saturated heterocycles. The summed E-state index contributed by atoms with van der Waals surface area (Å²) in [6, 6.07) is 0. The van der Waals surface area contributed by atoms with E-state index in [2.05, 4.69) is 41.5 Å². The zero-order chi connectivity index (χ0) is 11.0. The fraction of sp³-hybridized carbons (Fsp3) is 1.00. The van der Waals surface area contributed by atoms with E-state index < -0.39 is 0 Å². The second-order valence-electron chi connectivity index (χ2n) is 7.29. The van der Waals surface area contributed by atoms with Crippen molar-refractivity contribution < 1.29 is 0 Å². The van der Waals surface area contributed by atoms with E-state index in [0.717, 1.165) is 11.8 Å². The van der Waals surface area contributed by atoms with E-state index in [9.17, 15) is 0 Å². The molecular weight excluding hydrogens is 200 g/mol. The summed E-state index contributed by atoms with van der Waals surface area (Å²) in [5.41, 5.74) is 1.04. The zero-order valence-corrected chi connectivity index (χ0v) is 12.5. The molecule has 0 spiro atoms. The minimum atomic E-state index is 0. The Hall–Kier alpha value is 0.350. The number of hydrogen-bond donors (Lipinski definition) is 0. The van der Waals surface area contributed by atoms with Crippen molar-refractivity contribution >= 4 is 13.5 Å². The molecule has 0 amide bonds. The molecule has 0 nitrogen and oxygen atoms in total. The van der Waals surface area contributed by atoms with Crippen LogP contribution in [0.25, 0.3) is 0 Å². The van der Waals surface area contributed by atoms with Crippen LogP contribution in [-0.4, -0.2) is 0 Å². The lowest BCUT2D eigenvalue weighted by atomic mass is 9.63. The van der Waals surface area contributed by atoms with Gasteiger partial charge < -0.3 is 0 Å². The Bertz CT molecular complexity index is 162. The topological polar surface area (TPSA) is 0 Å². The van der Waals surface area contributed by atoms with Gasteiger partial charge in [0.25, 0.3) is 0 Å². The molecular formula is C14H30S. The summed E-state index contributed by atoms with van der Waals surface area (Å²) in [6.45, 7) is 14.4. The van der Waals surface area contributed by atoms with Crippen LogP contribution in [0.1, 0.15) is 67.2 Å². The minimum Gasteiger partial charge on any atom is -0.197 e. The number of hydrogen-bond acceptors (Lipinski definition) is 0. The highest BCUT2D eigenvalue weighted by Crippen LogP contribution is 2.45. The molecule has 0 bridgehead atoms. The maximum absolute atomic E-state index is 2.41. The lowest BCUT2D eigenvalue weighted by Gasteiger charge is -2.42. The van der Waals surface area contributed by atoms with Crippen LogP contribution >= 0.6 is 13.5 Å². The van der Waals surface area contributed by atoms with Gasteiger partial charge in [-0.25, -0.2) is 0 Å². The molecule has 2 unspecified atom stereocenters. The molecule has 1 saturated carbocycles. The monoisotopic (exact) mass is 230 g/mol. The van der Waals surface area contributed by atoms with Crippen molar-refractivity contribution in [1.29, 1.82) is 0 Å². The van der Waals surface area contributed by atoms with E-state index in [1.165, 1.54) is 25.7 Å². The third kappa shape index (κ3) is 4.38. The normalized spacial score (nSPS) is 28.4. The van der Waals surface area contributed by atoms with Gasteiger partial charge in [0.1, 0.15) is 0 Å². The average Bonchev–Trinajstić information content (AvgIpc) is 2.01. The van der Waals surface area contributed by atoms with E-state index >= 15 is 0 Å². The van der Waals surface area contributed by atoms with Gasteiger partial charge in [0.05, 0.1) is 0 Å². The molecule has 1 heteroatoms. The third-order valence-corrected chi connectivity index (χ3v) is 4.12. The molecule has 0 heterocycles. The van der Waals surface area contributed by atoms with Crippen LogP contribution in [0.15, 0.2) is 0 Å². The summed E-state index contributed by atoms with van der Waals surface area (Å²) >= 11 is 0. The van der Waals surface area contributed by atoms with Gasteiger partial charge in [-0.2, -0.15) is 13.5 Å². The summed E-state index contributed by atoms with van der Waals surface area (Å²) in [6.07, 6.45) is 5.81. The van der Waals surface area contributed by atoms with Gasteiger partial charge in [-0.1, -0.05) is 48.0 Å². The highest BCUT2D eigenvalue weighted by Gasteiger charge is 2.35. The Labute approximate surface area is 104 Å². The second-order valence-corrected chi connectivity index (χ2v) is 7.29. The lowest BCUT2D eigenvalue weighted by molar-refractivity contribution is 0.0830. The molecule has 0 aromatic carbocycles. The highest BCUT2D eigenvalue weighted by atomic mass is 32.1. The van der Waals surface area contributed by atoms with Crippen LogP contribution in [0, 0.1) is 22.7 Å². The molecule has 0 aromatic rings. The van der Waals surface area contributed by atoms with Gasteiger partial charge in [-0.05, 0) is 41.9 Å². The Morgan fingerprint density at radius 1 is 0.733 bits per heavy atom. The van der Waals surface area contributed by atoms with Crippen molar-refractivity contribution in [2.24, 2.45) is 22.7 Å². The fourth-order valence-electron chi connectivity index (χ4n) is 2.76. The summed E-state index contributed by atoms with van der Waals surface area (Å²) < 4.78 is 0. The van der Waals surface area contributed by atoms with Crippen molar-refractivity contribution in [3.05, 3.63) is 0 Å². The Kier molecular flexibility index (Phi) is 5.24. The van der Waals surface area contributed by atoms with E-state index in [1.54, 1.807) is 0 Å². The van der Waals surface area contributed by atoms with Crippen molar-refractivity contribution in [2.75, 3.05) is 0 Å². The molecule has 92 valence electrons. The lowest BCUT2D eigenvalue weighted by Crippen LogP contribution is -2.32. The molecule has 2 atom stereocenters. The first-order valence-electron chi connectivity index (χ1n) is 6.21. The maximum Gasteiger partial charge on any atom is -0.0354 e. The van der Waals surface area contributed by atoms with Gasteiger partial charge in [0.15, 0.2) is 0 Å². The van der Waals surface area contributed by atoms with Crippen molar-refractivity contribution in [3.8, 4) is 0 Å². The van der Waals surface area contributed by atoms with E-state index in [-0.39, 0.29) is 13.5 Å². The predicted molar refractivity (Wildman–Crippen MR) is 74.7 cm³/mol. The molecule has 0 aliphatic heterocycles. The highest BCUT2D eigenvalue weighted by molar-refractivity contribution is 7.59. The second kappa shape index (κ2) is 5.12. The molecule has 1 aliphatic carbocycles. The predicted octanol–water partition coefficient (Wildman–Crippen LogP) is 5.00. The van der Waals surface area contributed by atoms with E-state index in [0.29, 0.717) is 10.8 Å². The summed E-state index contributed by atoms with van der Waals surface area (Å²) in [7, 11) is 0. The standard InChI is InChI=1S/C14H28.H2S/c1-13(2,3)11-8-7-9-12(10-11)14(4,5)6;/h11-12H,7-10H2,1-6H3;1H2. The summed E-state index contributed by atoms with van der Waals surface area (Å²) in [4.78, 5) is 0. The first-order chi connectivity index (χ1) is 6.21. The smallest absolute Gasteiger partial charge is 0.0354 e. The largest absolute Gasteiger partial charge is 0.197 e. The fourth-order valence-corrected chi connectivity index (χ4v) is 2.76. The summed E-state index contributed by atoms with van der Waals surface area (Å²) in [5.74, 6) is 1.89. The molecule has 0 aromatic heterocycles. The van der Waals surface area contributed by atoms with Crippen LogP contribution in [0.3, 0.4) is 0 Å². The van der Waals surface area contributed by atoms with Crippen LogP contribution in [-0.2, 0) is 0 Å². The molecule has 15 heavy (non-hydrogen) atoms. The Morgan fingerprint density at radius 3 is 1.33 bits per heavy atom. The first kappa shape index (κ1) is 15.3. The number of rotatable bonds is 0. The van der Waals surface area contributed by atoms with Crippen molar-refractivity contribution in [1.82, 2.24) is 0 Å². The van der Waals surface area contributed by atoms with Gasteiger partial charge in [-0.15, -0.1) is 0 Å². The SMILES string of the molecule is CC(C)(C)C1CCCC(C(C)(C)C)C1.S. The van der Waals surface area contributed by atoms with Crippen LogP contribution < -0.4 is 0 Å². The molecule has 1 aliphatic rings. The maximum atomic E-state index is 2.41. The van der Waals surface area contributed by atoms with Gasteiger partial charge in [0.2, 0.25) is 0 Å². The molecule has 1 fully saturated rings. The first-order valence-corrected chi connectivity index (χ1v) is 6.21. The van der Waals surface area contributed by atoms with Gasteiger partial charge >= 0.3 is 0 Å². The quantitative estimate of drug-likeness (QED) is 0.549. The van der Waals surface area contributed by atoms with E-state index in [1.807, 2.05) is 0 Å². The summed E-state index contributed by atoms with van der Waals surface area (Å²) in [5, 5.41) is 0. The molecule has 0 N–H and O–H groups in total. The Morgan fingerprint density at radius 2 is 1.07 bits per heavy atom. The van der Waals surface area contributed by atoms with E-state index in [4.69, 9.17) is 0 Å². The molecule has 1 rings (SSSR count).